The fourth-order valence-corrected chi connectivity index (χ4v) is 5.08. The second-order valence-corrected chi connectivity index (χ2v) is 9.53. The van der Waals surface area contributed by atoms with Gasteiger partial charge in [-0.2, -0.15) is 0 Å². The van der Waals surface area contributed by atoms with Crippen LogP contribution < -0.4 is 10.5 Å². The summed E-state index contributed by atoms with van der Waals surface area (Å²) in [5, 5.41) is 5.53. The van der Waals surface area contributed by atoms with E-state index >= 15 is 0 Å². The van der Waals surface area contributed by atoms with Gasteiger partial charge in [0.05, 0.1) is 17.1 Å². The highest BCUT2D eigenvalue weighted by Crippen LogP contribution is 2.32. The Balaban J connectivity index is 1.80. The number of hydrogen-bond acceptors (Lipinski definition) is 4. The van der Waals surface area contributed by atoms with Gasteiger partial charge in [-0.1, -0.05) is 66.7 Å². The first-order chi connectivity index (χ1) is 18.5. The molecule has 6 aromatic rings. The van der Waals surface area contributed by atoms with Crippen LogP contribution in [0.5, 0.6) is 0 Å². The number of nitrogens with zero attached hydrogens (tertiary/aromatic N) is 5. The topological polar surface area (TPSA) is 48.0 Å². The molecule has 0 aliphatic carbocycles. The molecule has 0 radical (unpaired) electrons. The van der Waals surface area contributed by atoms with Crippen LogP contribution in [0.4, 0.5) is 5.69 Å². The molecule has 38 heavy (non-hydrogen) atoms. The molecule has 6 nitrogen and oxygen atoms in total. The predicted molar refractivity (Wildman–Crippen MR) is 157 cm³/mol. The van der Waals surface area contributed by atoms with E-state index in [-0.39, 0.29) is 5.56 Å². The van der Waals surface area contributed by atoms with E-state index in [1.165, 1.54) is 0 Å². The summed E-state index contributed by atoms with van der Waals surface area (Å²) < 4.78 is 5.68. The van der Waals surface area contributed by atoms with E-state index in [0.29, 0.717) is 27.2 Å². The highest BCUT2D eigenvalue weighted by molar-refractivity contribution is 7.71. The van der Waals surface area contributed by atoms with Crippen molar-refractivity contribution in [1.82, 2.24) is 18.9 Å². The average Bonchev–Trinajstić information content (AvgIpc) is 3.35. The van der Waals surface area contributed by atoms with Gasteiger partial charge in [-0.25, -0.2) is 4.68 Å². The van der Waals surface area contributed by atoms with Gasteiger partial charge >= 0.3 is 0 Å². The van der Waals surface area contributed by atoms with Crippen LogP contribution in [0, 0.1) is 4.77 Å². The summed E-state index contributed by atoms with van der Waals surface area (Å²) >= 11 is 5.97. The van der Waals surface area contributed by atoms with E-state index in [9.17, 15) is 4.79 Å². The van der Waals surface area contributed by atoms with Crippen LogP contribution in [0.15, 0.2) is 120 Å². The van der Waals surface area contributed by atoms with Crippen LogP contribution in [0.2, 0.25) is 0 Å². The fraction of sp³-hybridized carbons (Fsp3) is 0.0645. The average molecular weight is 516 g/mol. The quantitative estimate of drug-likeness (QED) is 0.248. The van der Waals surface area contributed by atoms with Crippen molar-refractivity contribution in [3.8, 4) is 28.3 Å². The molecule has 2 aromatic heterocycles. The fourth-order valence-electron chi connectivity index (χ4n) is 4.70. The van der Waals surface area contributed by atoms with E-state index in [1.54, 1.807) is 4.57 Å². The molecule has 0 aliphatic heterocycles. The van der Waals surface area contributed by atoms with Crippen LogP contribution in [-0.4, -0.2) is 33.0 Å². The molecule has 0 saturated heterocycles. The van der Waals surface area contributed by atoms with E-state index in [0.717, 1.165) is 22.6 Å². The lowest BCUT2D eigenvalue weighted by Gasteiger charge is -2.15. The maximum absolute atomic E-state index is 14.4. The van der Waals surface area contributed by atoms with Gasteiger partial charge in [0.15, 0.2) is 10.4 Å². The molecule has 0 N–H and O–H groups in total. The van der Waals surface area contributed by atoms with Crippen LogP contribution >= 0.6 is 12.2 Å². The number of fused-ring (bicyclic) bond motifs is 1. The van der Waals surface area contributed by atoms with Crippen LogP contribution in [0.25, 0.3) is 39.4 Å². The largest absolute Gasteiger partial charge is 0.378 e. The van der Waals surface area contributed by atoms with E-state index in [4.69, 9.17) is 17.3 Å². The number of benzene rings is 4. The zero-order valence-corrected chi connectivity index (χ0v) is 21.8. The van der Waals surface area contributed by atoms with Crippen molar-refractivity contribution in [2.45, 2.75) is 0 Å². The molecule has 7 heteroatoms. The first-order valence-electron chi connectivity index (χ1n) is 12.3. The Labute approximate surface area is 225 Å². The zero-order chi connectivity index (χ0) is 26.2. The van der Waals surface area contributed by atoms with Crippen molar-refractivity contribution >= 4 is 28.9 Å². The molecule has 0 aliphatic rings. The Morgan fingerprint density at radius 2 is 1.16 bits per heavy atom. The molecule has 0 saturated carbocycles. The lowest BCUT2D eigenvalue weighted by Crippen LogP contribution is -2.23. The molecule has 0 atom stereocenters. The third-order valence-corrected chi connectivity index (χ3v) is 6.93. The van der Waals surface area contributed by atoms with Gasteiger partial charge in [0.2, 0.25) is 0 Å². The molecule has 6 rings (SSSR count). The third kappa shape index (κ3) is 3.93. The minimum absolute atomic E-state index is 0.211. The molecular formula is C31H25N5OS. The van der Waals surface area contributed by atoms with Crippen molar-refractivity contribution in [1.29, 1.82) is 0 Å². The molecule has 0 unspecified atom stereocenters. The van der Waals surface area contributed by atoms with Gasteiger partial charge < -0.3 is 4.90 Å². The van der Waals surface area contributed by atoms with E-state index < -0.39 is 0 Å². The van der Waals surface area contributed by atoms with Gasteiger partial charge in [0, 0.05) is 31.0 Å². The number of hydrogen-bond donors (Lipinski definition) is 0. The highest BCUT2D eigenvalue weighted by Gasteiger charge is 2.24. The van der Waals surface area contributed by atoms with Crippen molar-refractivity contribution in [3.05, 3.63) is 130 Å². The molecule has 0 amide bonds. The molecule has 2 heterocycles. The molecule has 0 fully saturated rings. The van der Waals surface area contributed by atoms with Crippen molar-refractivity contribution in [3.63, 3.8) is 0 Å². The summed E-state index contributed by atoms with van der Waals surface area (Å²) in [4.78, 5) is 16.4. The third-order valence-electron chi connectivity index (χ3n) is 6.56. The maximum Gasteiger partial charge on any atom is 0.270 e. The number of rotatable bonds is 5. The number of anilines is 1. The molecule has 0 spiro atoms. The molecule has 4 aromatic carbocycles. The number of aromatic nitrogens is 4. The minimum atomic E-state index is -0.211. The van der Waals surface area contributed by atoms with Crippen LogP contribution in [-0.2, 0) is 0 Å². The molecule has 0 bridgehead atoms. The van der Waals surface area contributed by atoms with Crippen LogP contribution in [0.3, 0.4) is 0 Å². The summed E-state index contributed by atoms with van der Waals surface area (Å²) in [6.45, 7) is 0. The monoisotopic (exact) mass is 515 g/mol. The van der Waals surface area contributed by atoms with Crippen molar-refractivity contribution in [2.24, 2.45) is 0 Å². The van der Waals surface area contributed by atoms with Gasteiger partial charge in [-0.3, -0.25) is 13.9 Å². The van der Waals surface area contributed by atoms with Gasteiger partial charge in [-0.15, -0.1) is 5.10 Å². The predicted octanol–water partition coefficient (Wildman–Crippen LogP) is 6.43. The summed E-state index contributed by atoms with van der Waals surface area (Å²) in [6, 6.07) is 37.4. The molecular weight excluding hydrogens is 490 g/mol. The molecule has 186 valence electrons. The van der Waals surface area contributed by atoms with Gasteiger partial charge in [0.25, 0.3) is 5.56 Å². The summed E-state index contributed by atoms with van der Waals surface area (Å²) in [5.41, 5.74) is 5.35. The Morgan fingerprint density at radius 3 is 1.68 bits per heavy atom. The van der Waals surface area contributed by atoms with Crippen molar-refractivity contribution in [2.75, 3.05) is 19.0 Å². The first kappa shape index (κ1) is 23.6. The Bertz CT molecular complexity index is 1850. The lowest BCUT2D eigenvalue weighted by molar-refractivity contribution is 0.845. The maximum atomic E-state index is 14.4. The summed E-state index contributed by atoms with van der Waals surface area (Å²) in [6.07, 6.45) is 0. The summed E-state index contributed by atoms with van der Waals surface area (Å²) in [5.74, 6) is 0. The second-order valence-electron chi connectivity index (χ2n) is 9.17. The second kappa shape index (κ2) is 9.61. The van der Waals surface area contributed by atoms with Gasteiger partial charge in [-0.05, 0) is 60.7 Å². The van der Waals surface area contributed by atoms with Crippen molar-refractivity contribution < 1.29 is 0 Å². The normalized spacial score (nSPS) is 11.1. The van der Waals surface area contributed by atoms with E-state index in [1.807, 2.05) is 144 Å². The zero-order valence-electron chi connectivity index (χ0n) is 21.0. The Kier molecular flexibility index (Phi) is 5.98. The Hall–Kier alpha value is -4.75. The van der Waals surface area contributed by atoms with Crippen LogP contribution in [0.1, 0.15) is 0 Å². The Morgan fingerprint density at radius 1 is 0.658 bits per heavy atom. The highest BCUT2D eigenvalue weighted by atomic mass is 32.1. The lowest BCUT2D eigenvalue weighted by atomic mass is 10.1. The van der Waals surface area contributed by atoms with E-state index in [2.05, 4.69) is 0 Å². The first-order valence-corrected chi connectivity index (χ1v) is 12.7. The summed E-state index contributed by atoms with van der Waals surface area (Å²) in [7, 11) is 4.01. The minimum Gasteiger partial charge on any atom is -0.378 e. The SMILES string of the molecule is CN(C)c1ccc(-c2c3c(=O)n(-c4ccccc4)c(=S)n(-c4ccccc4)c3nn2-c2ccccc2)cc1. The smallest absolute Gasteiger partial charge is 0.270 e. The number of para-hydroxylation sites is 3. The standard InChI is InChI=1S/C31H25N5OS/c1-33(2)23-20-18-22(19-21-23)28-27-29(32-36(28)26-16-10-5-11-17-26)34(24-12-6-3-7-13-24)31(38)35(30(27)37)25-14-8-4-9-15-25/h3-21H,1-2H3. The van der Waals surface area contributed by atoms with Gasteiger partial charge in [0.1, 0.15) is 5.39 Å².